The minimum absolute atomic E-state index is 0.803. The summed E-state index contributed by atoms with van der Waals surface area (Å²) in [6, 6.07) is 43.6. The van der Waals surface area contributed by atoms with Crippen LogP contribution in [0.1, 0.15) is 0 Å². The first-order chi connectivity index (χ1) is 21.8. The molecule has 6 nitrogen and oxygen atoms in total. The molecule has 6 heteroatoms. The van der Waals surface area contributed by atoms with Crippen LogP contribution in [0, 0.1) is 0 Å². The van der Waals surface area contributed by atoms with E-state index in [1.54, 1.807) is 0 Å². The zero-order chi connectivity index (χ0) is 29.0. The summed E-state index contributed by atoms with van der Waals surface area (Å²) in [4.78, 5) is 19.5. The SMILES string of the molecule is c1cc(-c2cccc(-n3c4ccccc4c4ncccc43)n2)nc(-c2ccccc2-n2c3ccccc3c3ccncc32)c1. The minimum atomic E-state index is 0.803. The van der Waals surface area contributed by atoms with Gasteiger partial charge in [0.25, 0.3) is 0 Å². The second-order valence-corrected chi connectivity index (χ2v) is 10.8. The van der Waals surface area contributed by atoms with Crippen LogP contribution in [0.25, 0.3) is 77.9 Å². The van der Waals surface area contributed by atoms with E-state index in [9.17, 15) is 0 Å². The molecule has 9 rings (SSSR count). The fourth-order valence-electron chi connectivity index (χ4n) is 6.41. The van der Waals surface area contributed by atoms with E-state index < -0.39 is 0 Å². The van der Waals surface area contributed by atoms with Gasteiger partial charge in [-0.05, 0) is 60.7 Å². The van der Waals surface area contributed by atoms with Gasteiger partial charge >= 0.3 is 0 Å². The Balaban J connectivity index is 1.20. The van der Waals surface area contributed by atoms with Crippen molar-refractivity contribution in [2.45, 2.75) is 0 Å². The van der Waals surface area contributed by atoms with Gasteiger partial charge in [0.15, 0.2) is 0 Å². The highest BCUT2D eigenvalue weighted by atomic mass is 15.1. The average molecular weight is 565 g/mol. The summed E-state index contributed by atoms with van der Waals surface area (Å²) in [5, 5.41) is 3.48. The molecule has 9 aromatic rings. The lowest BCUT2D eigenvalue weighted by Gasteiger charge is -2.14. The highest BCUT2D eigenvalue weighted by molar-refractivity contribution is 6.09. The number of aromatic nitrogens is 6. The van der Waals surface area contributed by atoms with Crippen LogP contribution in [0.3, 0.4) is 0 Å². The molecule has 3 aromatic carbocycles. The molecule has 0 aliphatic heterocycles. The number of benzene rings is 3. The second kappa shape index (κ2) is 9.71. The van der Waals surface area contributed by atoms with Crippen LogP contribution >= 0.6 is 0 Å². The summed E-state index contributed by atoms with van der Waals surface area (Å²) in [5.74, 6) is 0.826. The number of fused-ring (bicyclic) bond motifs is 6. The van der Waals surface area contributed by atoms with Crippen LogP contribution in [0.5, 0.6) is 0 Å². The van der Waals surface area contributed by atoms with Crippen LogP contribution < -0.4 is 0 Å². The Bertz CT molecular complexity index is 2420. The first kappa shape index (κ1) is 24.5. The summed E-state index contributed by atoms with van der Waals surface area (Å²) in [5.41, 5.74) is 9.83. The first-order valence-corrected chi connectivity index (χ1v) is 14.6. The monoisotopic (exact) mass is 564 g/mol. The number of para-hydroxylation sites is 3. The van der Waals surface area contributed by atoms with Crippen molar-refractivity contribution >= 4 is 43.7 Å². The van der Waals surface area contributed by atoms with Gasteiger partial charge in [0.1, 0.15) is 5.82 Å². The second-order valence-electron chi connectivity index (χ2n) is 10.8. The minimum Gasteiger partial charge on any atom is -0.307 e. The smallest absolute Gasteiger partial charge is 0.138 e. The molecule has 44 heavy (non-hydrogen) atoms. The molecular weight excluding hydrogens is 540 g/mol. The lowest BCUT2D eigenvalue weighted by molar-refractivity contribution is 1.07. The Morgan fingerprint density at radius 3 is 2.02 bits per heavy atom. The molecule has 0 aliphatic rings. The predicted molar refractivity (Wildman–Crippen MR) is 177 cm³/mol. The Hall–Kier alpha value is -6.14. The summed E-state index contributed by atoms with van der Waals surface area (Å²) in [6.07, 6.45) is 5.63. The zero-order valence-electron chi connectivity index (χ0n) is 23.5. The van der Waals surface area contributed by atoms with Gasteiger partial charge in [0.05, 0.1) is 56.5 Å². The van der Waals surface area contributed by atoms with E-state index in [0.29, 0.717) is 0 Å². The highest BCUT2D eigenvalue weighted by Gasteiger charge is 2.17. The summed E-state index contributed by atoms with van der Waals surface area (Å²) in [6.45, 7) is 0. The molecule has 0 aliphatic carbocycles. The van der Waals surface area contributed by atoms with Crippen LogP contribution in [0.15, 0.2) is 146 Å². The van der Waals surface area contributed by atoms with Gasteiger partial charge in [0.2, 0.25) is 0 Å². The normalized spacial score (nSPS) is 11.6. The fourth-order valence-corrected chi connectivity index (χ4v) is 6.41. The fraction of sp³-hybridized carbons (Fsp3) is 0. The van der Waals surface area contributed by atoms with Gasteiger partial charge in [-0.15, -0.1) is 0 Å². The molecule has 0 N–H and O–H groups in total. The maximum absolute atomic E-state index is 5.18. The summed E-state index contributed by atoms with van der Waals surface area (Å²) >= 11 is 0. The molecule has 0 saturated carbocycles. The van der Waals surface area contributed by atoms with Gasteiger partial charge in [-0.1, -0.05) is 66.7 Å². The van der Waals surface area contributed by atoms with Crippen molar-refractivity contribution in [3.05, 3.63) is 146 Å². The van der Waals surface area contributed by atoms with Crippen molar-refractivity contribution in [2.24, 2.45) is 0 Å². The van der Waals surface area contributed by atoms with Crippen LogP contribution in [-0.4, -0.2) is 29.1 Å². The summed E-state index contributed by atoms with van der Waals surface area (Å²) < 4.78 is 4.47. The van der Waals surface area contributed by atoms with E-state index in [-0.39, 0.29) is 0 Å². The lowest BCUT2D eigenvalue weighted by Crippen LogP contribution is -2.00. The molecule has 0 spiro atoms. The van der Waals surface area contributed by atoms with Crippen LogP contribution in [0.4, 0.5) is 0 Å². The highest BCUT2D eigenvalue weighted by Crippen LogP contribution is 2.36. The number of hydrogen-bond acceptors (Lipinski definition) is 4. The quantitative estimate of drug-likeness (QED) is 0.214. The van der Waals surface area contributed by atoms with E-state index in [1.165, 1.54) is 10.8 Å². The Morgan fingerprint density at radius 1 is 0.432 bits per heavy atom. The van der Waals surface area contributed by atoms with Crippen molar-refractivity contribution in [2.75, 3.05) is 0 Å². The van der Waals surface area contributed by atoms with Crippen molar-refractivity contribution in [1.82, 2.24) is 29.1 Å². The van der Waals surface area contributed by atoms with E-state index in [4.69, 9.17) is 9.97 Å². The van der Waals surface area contributed by atoms with Crippen molar-refractivity contribution in [1.29, 1.82) is 0 Å². The Morgan fingerprint density at radius 2 is 1.11 bits per heavy atom. The van der Waals surface area contributed by atoms with Crippen molar-refractivity contribution < 1.29 is 0 Å². The third-order valence-corrected chi connectivity index (χ3v) is 8.30. The van der Waals surface area contributed by atoms with E-state index in [2.05, 4.69) is 110 Å². The van der Waals surface area contributed by atoms with Gasteiger partial charge in [-0.3, -0.25) is 14.5 Å². The maximum Gasteiger partial charge on any atom is 0.138 e. The Labute approximate surface area is 252 Å². The van der Waals surface area contributed by atoms with E-state index in [1.807, 2.05) is 55.0 Å². The third kappa shape index (κ3) is 3.68. The first-order valence-electron chi connectivity index (χ1n) is 14.6. The van der Waals surface area contributed by atoms with Gasteiger partial charge in [-0.25, -0.2) is 9.97 Å². The standard InChI is InChI=1S/C38H24N6/c1-4-16-32-25(10-1)26-21-23-39-24-36(26)43(32)33-17-5-2-11-27(33)29-13-7-14-30(41-29)31-15-8-20-37(42-31)44-34-18-6-3-12-28(34)38-35(44)19-9-22-40-38/h1-24H. The molecule has 0 radical (unpaired) electrons. The molecule has 6 heterocycles. The molecule has 0 amide bonds. The largest absolute Gasteiger partial charge is 0.307 e. The number of pyridine rings is 4. The molecule has 206 valence electrons. The van der Waals surface area contributed by atoms with Crippen LogP contribution in [-0.2, 0) is 0 Å². The number of rotatable bonds is 4. The number of nitrogens with zero attached hydrogens (tertiary/aromatic N) is 6. The van der Waals surface area contributed by atoms with Crippen molar-refractivity contribution in [3.8, 4) is 34.2 Å². The van der Waals surface area contributed by atoms with Gasteiger partial charge in [0, 0.05) is 34.1 Å². The van der Waals surface area contributed by atoms with Gasteiger partial charge < -0.3 is 4.57 Å². The zero-order valence-corrected chi connectivity index (χ0v) is 23.5. The maximum atomic E-state index is 5.18. The average Bonchev–Trinajstić information content (AvgIpc) is 3.62. The third-order valence-electron chi connectivity index (χ3n) is 8.30. The summed E-state index contributed by atoms with van der Waals surface area (Å²) in [7, 11) is 0. The van der Waals surface area contributed by atoms with Gasteiger partial charge in [-0.2, -0.15) is 0 Å². The molecular formula is C38H24N6. The molecule has 0 unspecified atom stereocenters. The lowest BCUT2D eigenvalue weighted by atomic mass is 10.1. The molecule has 0 bridgehead atoms. The van der Waals surface area contributed by atoms with Crippen LogP contribution in [0.2, 0.25) is 0 Å². The van der Waals surface area contributed by atoms with Crippen molar-refractivity contribution in [3.63, 3.8) is 0 Å². The molecule has 0 saturated heterocycles. The molecule has 0 atom stereocenters. The van der Waals surface area contributed by atoms with E-state index in [0.717, 1.165) is 67.1 Å². The molecule has 6 aromatic heterocycles. The predicted octanol–water partition coefficient (Wildman–Crippen LogP) is 8.79. The molecule has 0 fully saturated rings. The topological polar surface area (TPSA) is 61.4 Å². The van der Waals surface area contributed by atoms with E-state index >= 15 is 0 Å². The number of hydrogen-bond donors (Lipinski definition) is 0. The Kier molecular flexibility index (Phi) is 5.40.